The van der Waals surface area contributed by atoms with Crippen LogP contribution in [0.2, 0.25) is 0 Å². The van der Waals surface area contributed by atoms with Gasteiger partial charge in [-0.1, -0.05) is 5.92 Å². The van der Waals surface area contributed by atoms with Crippen LogP contribution in [0.4, 0.5) is 0 Å². The largest absolute Gasteiger partial charge is 0.497 e. The van der Waals surface area contributed by atoms with Crippen molar-refractivity contribution in [1.82, 2.24) is 0 Å². The second kappa shape index (κ2) is 5.60. The highest BCUT2D eigenvalue weighted by molar-refractivity contribution is 7.90. The Morgan fingerprint density at radius 1 is 1.29 bits per heavy atom. The summed E-state index contributed by atoms with van der Waals surface area (Å²) in [7, 11) is -0.313. The van der Waals surface area contributed by atoms with Gasteiger partial charge < -0.3 is 9.47 Å². The van der Waals surface area contributed by atoms with Gasteiger partial charge in [-0.05, 0) is 18.2 Å². The van der Waals surface area contributed by atoms with Crippen molar-refractivity contribution in [2.24, 2.45) is 0 Å². The number of hydrogen-bond donors (Lipinski definition) is 0. The van der Waals surface area contributed by atoms with E-state index in [1.807, 2.05) is 0 Å². The van der Waals surface area contributed by atoms with Crippen molar-refractivity contribution in [2.75, 3.05) is 20.0 Å². The van der Waals surface area contributed by atoms with Gasteiger partial charge in [0.25, 0.3) is 0 Å². The summed E-state index contributed by atoms with van der Waals surface area (Å²) in [6, 6.07) is 5.00. The van der Waals surface area contributed by atoms with Gasteiger partial charge in [-0.25, -0.2) is 8.42 Å². The minimum Gasteiger partial charge on any atom is -0.497 e. The molecule has 0 radical (unpaired) electrons. The molecule has 0 heterocycles. The van der Waals surface area contributed by atoms with Crippen molar-refractivity contribution in [2.45, 2.75) is 5.75 Å². The van der Waals surface area contributed by atoms with Crippen LogP contribution in [0, 0.1) is 12.3 Å². The van der Waals surface area contributed by atoms with Crippen LogP contribution in [0.1, 0.15) is 5.56 Å². The summed E-state index contributed by atoms with van der Waals surface area (Å²) < 4.78 is 33.4. The van der Waals surface area contributed by atoms with E-state index in [1.165, 1.54) is 14.2 Å². The van der Waals surface area contributed by atoms with Crippen LogP contribution in [0.3, 0.4) is 0 Å². The number of ether oxygens (including phenoxy) is 2. The molecular weight excluding hydrogens is 240 g/mol. The Morgan fingerprint density at radius 3 is 2.53 bits per heavy atom. The van der Waals surface area contributed by atoms with E-state index in [0.717, 1.165) is 0 Å². The fourth-order valence-corrected chi connectivity index (χ4v) is 2.47. The molecule has 0 fully saturated rings. The third-order valence-electron chi connectivity index (χ3n) is 2.17. The molecule has 0 amide bonds. The zero-order valence-electron chi connectivity index (χ0n) is 9.76. The number of sulfone groups is 1. The van der Waals surface area contributed by atoms with E-state index >= 15 is 0 Å². The monoisotopic (exact) mass is 254 g/mol. The van der Waals surface area contributed by atoms with Gasteiger partial charge in [0, 0.05) is 5.56 Å². The van der Waals surface area contributed by atoms with E-state index in [4.69, 9.17) is 15.9 Å². The lowest BCUT2D eigenvalue weighted by atomic mass is 10.2. The standard InChI is InChI=1S/C12H14O4S/c1-4-7-17(13,14)9-10-8-11(15-2)5-6-12(10)16-3/h1,5-6,8H,7,9H2,2-3H3. The van der Waals surface area contributed by atoms with Crippen LogP contribution >= 0.6 is 0 Å². The maximum absolute atomic E-state index is 11.6. The van der Waals surface area contributed by atoms with Gasteiger partial charge in [-0.2, -0.15) is 0 Å². The predicted octanol–water partition coefficient (Wildman–Crippen LogP) is 1.25. The van der Waals surface area contributed by atoms with Crippen molar-refractivity contribution >= 4 is 9.84 Å². The molecule has 0 saturated heterocycles. The van der Waals surface area contributed by atoms with Gasteiger partial charge in [-0.3, -0.25) is 0 Å². The number of rotatable bonds is 5. The van der Waals surface area contributed by atoms with Gasteiger partial charge >= 0.3 is 0 Å². The molecule has 5 heteroatoms. The van der Waals surface area contributed by atoms with Crippen LogP contribution in [0.25, 0.3) is 0 Å². The van der Waals surface area contributed by atoms with Gasteiger partial charge in [0.15, 0.2) is 9.84 Å². The highest BCUT2D eigenvalue weighted by atomic mass is 32.2. The zero-order valence-corrected chi connectivity index (χ0v) is 10.6. The molecule has 1 aromatic carbocycles. The molecule has 1 aromatic rings. The summed E-state index contributed by atoms with van der Waals surface area (Å²) in [6.07, 6.45) is 5.01. The van der Waals surface area contributed by atoms with Crippen molar-refractivity contribution in [3.8, 4) is 23.8 Å². The first-order valence-corrected chi connectivity index (χ1v) is 6.69. The Kier molecular flexibility index (Phi) is 4.41. The summed E-state index contributed by atoms with van der Waals surface area (Å²) in [5.41, 5.74) is 0.544. The molecule has 4 nitrogen and oxygen atoms in total. The first kappa shape index (κ1) is 13.4. The van der Waals surface area contributed by atoms with E-state index in [2.05, 4.69) is 5.92 Å². The molecule has 92 valence electrons. The number of hydrogen-bond acceptors (Lipinski definition) is 4. The minimum atomic E-state index is -3.31. The van der Waals surface area contributed by atoms with Crippen LogP contribution in [-0.4, -0.2) is 28.4 Å². The highest BCUT2D eigenvalue weighted by Crippen LogP contribution is 2.25. The third kappa shape index (κ3) is 3.68. The lowest BCUT2D eigenvalue weighted by Crippen LogP contribution is -2.08. The lowest BCUT2D eigenvalue weighted by Gasteiger charge is -2.10. The first-order valence-electron chi connectivity index (χ1n) is 4.87. The molecule has 0 aliphatic rings. The van der Waals surface area contributed by atoms with E-state index in [0.29, 0.717) is 17.1 Å². The second-order valence-corrected chi connectivity index (χ2v) is 5.48. The number of methoxy groups -OCH3 is 2. The van der Waals surface area contributed by atoms with Gasteiger partial charge in [0.05, 0.1) is 20.0 Å². The Morgan fingerprint density at radius 2 is 2.00 bits per heavy atom. The van der Waals surface area contributed by atoms with Crippen LogP contribution in [0.15, 0.2) is 18.2 Å². The highest BCUT2D eigenvalue weighted by Gasteiger charge is 2.14. The van der Waals surface area contributed by atoms with Crippen molar-refractivity contribution in [3.05, 3.63) is 23.8 Å². The average Bonchev–Trinajstić information content (AvgIpc) is 2.28. The molecule has 0 aliphatic carbocycles. The van der Waals surface area contributed by atoms with Crippen LogP contribution in [-0.2, 0) is 15.6 Å². The predicted molar refractivity (Wildman–Crippen MR) is 65.9 cm³/mol. The van der Waals surface area contributed by atoms with E-state index in [1.54, 1.807) is 18.2 Å². The quantitative estimate of drug-likeness (QED) is 0.742. The molecule has 1 rings (SSSR count). The van der Waals surface area contributed by atoms with Gasteiger partial charge in [0.1, 0.15) is 17.3 Å². The fraction of sp³-hybridized carbons (Fsp3) is 0.333. The maximum Gasteiger partial charge on any atom is 0.165 e. The van der Waals surface area contributed by atoms with E-state index in [9.17, 15) is 8.42 Å². The topological polar surface area (TPSA) is 52.6 Å². The molecule has 0 aliphatic heterocycles. The smallest absolute Gasteiger partial charge is 0.165 e. The van der Waals surface area contributed by atoms with E-state index in [-0.39, 0.29) is 11.5 Å². The number of terminal acetylenes is 1. The molecule has 0 atom stereocenters. The Hall–Kier alpha value is -1.67. The Bertz CT molecular complexity index is 526. The molecule has 0 saturated carbocycles. The maximum atomic E-state index is 11.6. The van der Waals surface area contributed by atoms with Crippen molar-refractivity contribution in [3.63, 3.8) is 0 Å². The van der Waals surface area contributed by atoms with Crippen molar-refractivity contribution in [1.29, 1.82) is 0 Å². The third-order valence-corrected chi connectivity index (χ3v) is 3.52. The minimum absolute atomic E-state index is 0.155. The van der Waals surface area contributed by atoms with Gasteiger partial charge in [0.2, 0.25) is 0 Å². The molecule has 0 N–H and O–H groups in total. The fourth-order valence-electron chi connectivity index (χ4n) is 1.41. The van der Waals surface area contributed by atoms with Crippen LogP contribution in [0.5, 0.6) is 11.5 Å². The summed E-state index contributed by atoms with van der Waals surface area (Å²) in [4.78, 5) is 0. The molecule has 0 unspecified atom stereocenters. The summed E-state index contributed by atoms with van der Waals surface area (Å²) >= 11 is 0. The molecule has 0 bridgehead atoms. The molecule has 0 spiro atoms. The zero-order chi connectivity index (χ0) is 12.9. The van der Waals surface area contributed by atoms with Gasteiger partial charge in [-0.15, -0.1) is 6.42 Å². The molecule has 0 aromatic heterocycles. The summed E-state index contributed by atoms with van der Waals surface area (Å²) in [5.74, 6) is 2.78. The van der Waals surface area contributed by atoms with Crippen LogP contribution < -0.4 is 9.47 Å². The van der Waals surface area contributed by atoms with Crippen molar-refractivity contribution < 1.29 is 17.9 Å². The SMILES string of the molecule is C#CCS(=O)(=O)Cc1cc(OC)ccc1OC. The molecule has 17 heavy (non-hydrogen) atoms. The Labute approximate surface area is 101 Å². The normalized spacial score (nSPS) is 10.6. The molecular formula is C12H14O4S. The number of benzene rings is 1. The summed E-state index contributed by atoms with van der Waals surface area (Å²) in [6.45, 7) is 0. The Balaban J connectivity index is 3.08. The lowest BCUT2D eigenvalue weighted by molar-refractivity contribution is 0.400. The summed E-state index contributed by atoms with van der Waals surface area (Å²) in [5, 5.41) is 0. The first-order chi connectivity index (χ1) is 8.02. The second-order valence-electron chi connectivity index (χ2n) is 3.41. The van der Waals surface area contributed by atoms with E-state index < -0.39 is 9.84 Å². The average molecular weight is 254 g/mol.